The lowest BCUT2D eigenvalue weighted by molar-refractivity contribution is 0.0949. The summed E-state index contributed by atoms with van der Waals surface area (Å²) in [6.45, 7) is 2.36. The Morgan fingerprint density at radius 1 is 0.969 bits per heavy atom. The standard InChI is InChI=1S/C27H22FN3O/c1-17-8-2-4-10-19(17)25-26-21(20-11-5-7-13-23(20)30-26)16-24(31-25)27(32)29-15-14-18-9-3-6-12-22(18)28/h2-13,16,30H,14-15H2,1H3,(H,29,32). The van der Waals surface area contributed by atoms with Crippen LogP contribution in [0.3, 0.4) is 0 Å². The molecular formula is C27H22FN3O. The SMILES string of the molecule is Cc1ccccc1-c1nc(C(=O)NCCc2ccccc2F)cc2c1[nH]c1ccccc12. The summed E-state index contributed by atoms with van der Waals surface area (Å²) in [5, 5.41) is 4.89. The maximum Gasteiger partial charge on any atom is 0.269 e. The summed E-state index contributed by atoms with van der Waals surface area (Å²) >= 11 is 0. The molecule has 0 fully saturated rings. The van der Waals surface area contributed by atoms with E-state index in [9.17, 15) is 9.18 Å². The van der Waals surface area contributed by atoms with Crippen molar-refractivity contribution in [2.24, 2.45) is 0 Å². The zero-order valence-electron chi connectivity index (χ0n) is 17.7. The number of hydrogen-bond donors (Lipinski definition) is 2. The van der Waals surface area contributed by atoms with Crippen LogP contribution >= 0.6 is 0 Å². The number of pyridine rings is 1. The van der Waals surface area contributed by atoms with Crippen molar-refractivity contribution in [3.8, 4) is 11.3 Å². The van der Waals surface area contributed by atoms with Crippen molar-refractivity contribution >= 4 is 27.7 Å². The first kappa shape index (κ1) is 19.9. The van der Waals surface area contributed by atoms with Crippen molar-refractivity contribution in [2.75, 3.05) is 6.54 Å². The minimum atomic E-state index is -0.275. The smallest absolute Gasteiger partial charge is 0.269 e. The van der Waals surface area contributed by atoms with Gasteiger partial charge in [-0.05, 0) is 42.7 Å². The van der Waals surface area contributed by atoms with Crippen molar-refractivity contribution in [3.05, 3.63) is 102 Å². The number of aromatic amines is 1. The second kappa shape index (κ2) is 8.27. The first-order valence-corrected chi connectivity index (χ1v) is 10.6. The number of rotatable bonds is 5. The summed E-state index contributed by atoms with van der Waals surface area (Å²) in [7, 11) is 0. The number of nitrogens with one attached hydrogen (secondary N) is 2. The van der Waals surface area contributed by atoms with Crippen molar-refractivity contribution in [1.29, 1.82) is 0 Å². The average molecular weight is 423 g/mol. The lowest BCUT2D eigenvalue weighted by Gasteiger charge is -2.10. The van der Waals surface area contributed by atoms with E-state index in [0.29, 0.717) is 24.2 Å². The second-order valence-corrected chi connectivity index (χ2v) is 7.86. The Balaban J connectivity index is 1.54. The fourth-order valence-corrected chi connectivity index (χ4v) is 4.10. The third kappa shape index (κ3) is 3.62. The van der Waals surface area contributed by atoms with Crippen LogP contribution in [0.1, 0.15) is 21.6 Å². The van der Waals surface area contributed by atoms with E-state index in [0.717, 1.165) is 38.6 Å². The van der Waals surface area contributed by atoms with E-state index in [2.05, 4.69) is 10.3 Å². The molecule has 2 heterocycles. The molecule has 0 bridgehead atoms. The number of hydrogen-bond acceptors (Lipinski definition) is 2. The third-order valence-corrected chi connectivity index (χ3v) is 5.77. The van der Waals surface area contributed by atoms with E-state index in [-0.39, 0.29) is 11.7 Å². The molecule has 0 aliphatic carbocycles. The molecule has 5 aromatic rings. The number of H-pyrrole nitrogens is 1. The van der Waals surface area contributed by atoms with Crippen LogP contribution in [0, 0.1) is 12.7 Å². The fraction of sp³-hybridized carbons (Fsp3) is 0.111. The molecule has 0 aliphatic rings. The first-order valence-electron chi connectivity index (χ1n) is 10.6. The van der Waals surface area contributed by atoms with E-state index < -0.39 is 0 Å². The highest BCUT2D eigenvalue weighted by Crippen LogP contribution is 2.33. The highest BCUT2D eigenvalue weighted by atomic mass is 19.1. The minimum absolute atomic E-state index is 0.262. The number of fused-ring (bicyclic) bond motifs is 3. The summed E-state index contributed by atoms with van der Waals surface area (Å²) in [6, 6.07) is 24.5. The number of para-hydroxylation sites is 1. The van der Waals surface area contributed by atoms with Crippen LogP contribution in [0.5, 0.6) is 0 Å². The zero-order chi connectivity index (χ0) is 22.1. The number of nitrogens with zero attached hydrogens (tertiary/aromatic N) is 1. The molecule has 32 heavy (non-hydrogen) atoms. The van der Waals surface area contributed by atoms with Gasteiger partial charge in [-0.2, -0.15) is 0 Å². The molecule has 0 radical (unpaired) electrons. The molecule has 2 N–H and O–H groups in total. The molecule has 0 aliphatic heterocycles. The molecule has 0 spiro atoms. The molecule has 0 unspecified atom stereocenters. The maximum absolute atomic E-state index is 13.9. The molecule has 4 nitrogen and oxygen atoms in total. The van der Waals surface area contributed by atoms with Gasteiger partial charge in [0.2, 0.25) is 0 Å². The highest BCUT2D eigenvalue weighted by Gasteiger charge is 2.18. The Morgan fingerprint density at radius 2 is 1.72 bits per heavy atom. The van der Waals surface area contributed by atoms with Crippen LogP contribution in [0.15, 0.2) is 78.9 Å². The number of benzene rings is 3. The van der Waals surface area contributed by atoms with E-state index in [1.165, 1.54) is 6.07 Å². The van der Waals surface area contributed by atoms with Crippen molar-refractivity contribution in [1.82, 2.24) is 15.3 Å². The van der Waals surface area contributed by atoms with E-state index >= 15 is 0 Å². The summed E-state index contributed by atoms with van der Waals surface area (Å²) in [5.41, 5.74) is 5.63. The van der Waals surface area contributed by atoms with Gasteiger partial charge in [0.15, 0.2) is 0 Å². The summed E-state index contributed by atoms with van der Waals surface area (Å²) in [4.78, 5) is 21.2. The van der Waals surface area contributed by atoms with Crippen LogP contribution in [-0.2, 0) is 6.42 Å². The van der Waals surface area contributed by atoms with Gasteiger partial charge in [-0.15, -0.1) is 0 Å². The van der Waals surface area contributed by atoms with Gasteiger partial charge in [0.1, 0.15) is 11.5 Å². The molecule has 158 valence electrons. The summed E-state index contributed by atoms with van der Waals surface area (Å²) in [6.07, 6.45) is 0.415. The molecule has 3 aromatic carbocycles. The van der Waals surface area contributed by atoms with Crippen molar-refractivity contribution in [2.45, 2.75) is 13.3 Å². The summed E-state index contributed by atoms with van der Waals surface area (Å²) < 4.78 is 13.9. The highest BCUT2D eigenvalue weighted by molar-refractivity contribution is 6.13. The normalized spacial score (nSPS) is 11.2. The molecule has 0 saturated heterocycles. The number of aromatic nitrogens is 2. The lowest BCUT2D eigenvalue weighted by Crippen LogP contribution is -2.26. The largest absolute Gasteiger partial charge is 0.353 e. The number of halogens is 1. The number of carbonyl (C=O) groups excluding carboxylic acids is 1. The third-order valence-electron chi connectivity index (χ3n) is 5.77. The van der Waals surface area contributed by atoms with E-state index in [4.69, 9.17) is 4.98 Å². The van der Waals surface area contributed by atoms with Crippen molar-refractivity contribution in [3.63, 3.8) is 0 Å². The van der Waals surface area contributed by atoms with Crippen molar-refractivity contribution < 1.29 is 9.18 Å². The molecular weight excluding hydrogens is 401 g/mol. The lowest BCUT2D eigenvalue weighted by atomic mass is 10.0. The van der Waals surface area contributed by atoms with Crippen LogP contribution in [0.2, 0.25) is 0 Å². The van der Waals surface area contributed by atoms with Gasteiger partial charge in [-0.1, -0.05) is 60.7 Å². The predicted molar refractivity (Wildman–Crippen MR) is 126 cm³/mol. The van der Waals surface area contributed by atoms with Gasteiger partial charge < -0.3 is 10.3 Å². The van der Waals surface area contributed by atoms with Crippen LogP contribution in [-0.4, -0.2) is 22.4 Å². The minimum Gasteiger partial charge on any atom is -0.353 e. The van der Waals surface area contributed by atoms with E-state index in [1.807, 2.05) is 61.5 Å². The van der Waals surface area contributed by atoms with Crippen LogP contribution < -0.4 is 5.32 Å². The van der Waals surface area contributed by atoms with Crippen LogP contribution in [0.4, 0.5) is 4.39 Å². The van der Waals surface area contributed by atoms with Gasteiger partial charge in [0, 0.05) is 28.4 Å². The predicted octanol–water partition coefficient (Wildman–Crippen LogP) is 5.80. The Kier molecular flexibility index (Phi) is 5.15. The van der Waals surface area contributed by atoms with Gasteiger partial charge in [-0.25, -0.2) is 9.37 Å². The Bertz CT molecular complexity index is 1450. The van der Waals surface area contributed by atoms with Gasteiger partial charge in [-0.3, -0.25) is 4.79 Å². The zero-order valence-corrected chi connectivity index (χ0v) is 17.7. The average Bonchev–Trinajstić information content (AvgIpc) is 3.19. The first-order chi connectivity index (χ1) is 15.6. The summed E-state index contributed by atoms with van der Waals surface area (Å²) in [5.74, 6) is -0.537. The van der Waals surface area contributed by atoms with Crippen LogP contribution in [0.25, 0.3) is 33.1 Å². The van der Waals surface area contributed by atoms with Gasteiger partial charge in [0.05, 0.1) is 11.2 Å². The Hall–Kier alpha value is -3.99. The second-order valence-electron chi connectivity index (χ2n) is 7.86. The number of amides is 1. The Morgan fingerprint density at radius 3 is 2.56 bits per heavy atom. The molecule has 2 aromatic heterocycles. The van der Waals surface area contributed by atoms with Gasteiger partial charge in [0.25, 0.3) is 5.91 Å². The topological polar surface area (TPSA) is 57.8 Å². The molecule has 5 heteroatoms. The van der Waals surface area contributed by atoms with Gasteiger partial charge >= 0.3 is 0 Å². The number of carbonyl (C=O) groups is 1. The van der Waals surface area contributed by atoms with E-state index in [1.54, 1.807) is 18.2 Å². The molecule has 1 amide bonds. The maximum atomic E-state index is 13.9. The molecule has 0 atom stereocenters. The quantitative estimate of drug-likeness (QED) is 0.375. The monoisotopic (exact) mass is 423 g/mol. The fourth-order valence-electron chi connectivity index (χ4n) is 4.10. The Labute approximate surface area is 185 Å². The number of aryl methyl sites for hydroxylation is 1. The molecule has 0 saturated carbocycles. The molecule has 5 rings (SSSR count).